The van der Waals surface area contributed by atoms with Crippen molar-refractivity contribution in [3.05, 3.63) is 42.4 Å². The zero-order valence-corrected chi connectivity index (χ0v) is 10.4. The zero-order chi connectivity index (χ0) is 13.1. The smallest absolute Gasteiger partial charge is 0.270 e. The summed E-state index contributed by atoms with van der Waals surface area (Å²) in [7, 11) is 1.58. The lowest BCUT2D eigenvalue weighted by Gasteiger charge is -2.05. The molecule has 2 aromatic heterocycles. The second-order valence-electron chi connectivity index (χ2n) is 3.81. The Morgan fingerprint density at radius 3 is 3.11 bits per heavy atom. The third-order valence-electron chi connectivity index (χ3n) is 2.63. The van der Waals surface area contributed by atoms with Crippen LogP contribution in [0.25, 0.3) is 5.65 Å². The molecule has 2 heterocycles. The van der Waals surface area contributed by atoms with E-state index in [1.807, 2.05) is 12.1 Å². The molecule has 18 heavy (non-hydrogen) atoms. The van der Waals surface area contributed by atoms with E-state index in [9.17, 15) is 4.79 Å². The van der Waals surface area contributed by atoms with Gasteiger partial charge in [0, 0.05) is 12.7 Å². The van der Waals surface area contributed by atoms with Gasteiger partial charge in [0.25, 0.3) is 5.91 Å². The van der Waals surface area contributed by atoms with E-state index in [0.29, 0.717) is 29.3 Å². The van der Waals surface area contributed by atoms with Crippen LogP contribution in [0.1, 0.15) is 16.2 Å². The lowest BCUT2D eigenvalue weighted by molar-refractivity contribution is 0.0951. The molecule has 1 N–H and O–H groups in total. The summed E-state index contributed by atoms with van der Waals surface area (Å²) in [6.07, 6.45) is 3.43. The minimum atomic E-state index is -0.173. The standard InChI is InChI=1S/C13H15N3O2/c1-4-7-14-13(17)11-9(2)15-12-10(18-3)6-5-8-16(11)12/h4-6,8H,1,7H2,2-3H3,(H,14,17). The highest BCUT2D eigenvalue weighted by Gasteiger charge is 2.17. The number of carbonyl (C=O) groups excluding carboxylic acids is 1. The van der Waals surface area contributed by atoms with Crippen molar-refractivity contribution in [1.82, 2.24) is 14.7 Å². The predicted molar refractivity (Wildman–Crippen MR) is 69.0 cm³/mol. The van der Waals surface area contributed by atoms with E-state index in [1.54, 1.807) is 30.7 Å². The molecule has 0 aliphatic rings. The molecular weight excluding hydrogens is 230 g/mol. The Morgan fingerprint density at radius 2 is 2.44 bits per heavy atom. The topological polar surface area (TPSA) is 55.6 Å². The number of aryl methyl sites for hydroxylation is 1. The number of methoxy groups -OCH3 is 1. The van der Waals surface area contributed by atoms with Crippen molar-refractivity contribution in [2.45, 2.75) is 6.92 Å². The summed E-state index contributed by atoms with van der Waals surface area (Å²) in [6, 6.07) is 3.63. The fourth-order valence-corrected chi connectivity index (χ4v) is 1.84. The predicted octanol–water partition coefficient (Wildman–Crippen LogP) is 1.57. The van der Waals surface area contributed by atoms with Gasteiger partial charge in [-0.2, -0.15) is 0 Å². The molecule has 5 heteroatoms. The number of nitrogens with zero attached hydrogens (tertiary/aromatic N) is 2. The molecule has 2 rings (SSSR count). The van der Waals surface area contributed by atoms with Gasteiger partial charge in [-0.25, -0.2) is 4.98 Å². The fourth-order valence-electron chi connectivity index (χ4n) is 1.84. The molecule has 2 aromatic rings. The summed E-state index contributed by atoms with van der Waals surface area (Å²) in [5, 5.41) is 2.75. The molecule has 0 spiro atoms. The Labute approximate surface area is 105 Å². The maximum absolute atomic E-state index is 12.0. The maximum Gasteiger partial charge on any atom is 0.270 e. The van der Waals surface area contributed by atoms with Crippen molar-refractivity contribution in [2.75, 3.05) is 13.7 Å². The highest BCUT2D eigenvalue weighted by Crippen LogP contribution is 2.21. The zero-order valence-electron chi connectivity index (χ0n) is 10.4. The van der Waals surface area contributed by atoms with E-state index < -0.39 is 0 Å². The van der Waals surface area contributed by atoms with Crippen LogP contribution in [-0.4, -0.2) is 28.9 Å². The molecule has 0 aromatic carbocycles. The molecule has 0 aliphatic heterocycles. The van der Waals surface area contributed by atoms with Crippen LogP contribution in [0, 0.1) is 6.92 Å². The van der Waals surface area contributed by atoms with E-state index in [2.05, 4.69) is 16.9 Å². The third kappa shape index (κ3) is 1.95. The number of aromatic nitrogens is 2. The fraction of sp³-hybridized carbons (Fsp3) is 0.231. The first-order valence-corrected chi connectivity index (χ1v) is 5.59. The van der Waals surface area contributed by atoms with Crippen molar-refractivity contribution >= 4 is 11.6 Å². The Hall–Kier alpha value is -2.30. The molecular formula is C13H15N3O2. The average molecular weight is 245 g/mol. The summed E-state index contributed by atoms with van der Waals surface area (Å²) in [5.41, 5.74) is 1.83. The van der Waals surface area contributed by atoms with E-state index in [-0.39, 0.29) is 5.91 Å². The van der Waals surface area contributed by atoms with Gasteiger partial charge >= 0.3 is 0 Å². The summed E-state index contributed by atoms with van der Waals surface area (Å²) in [5.74, 6) is 0.469. The van der Waals surface area contributed by atoms with Gasteiger partial charge in [0.05, 0.1) is 12.8 Å². The Morgan fingerprint density at radius 1 is 1.67 bits per heavy atom. The van der Waals surface area contributed by atoms with Crippen LogP contribution >= 0.6 is 0 Å². The third-order valence-corrected chi connectivity index (χ3v) is 2.63. The molecule has 94 valence electrons. The summed E-state index contributed by atoms with van der Waals surface area (Å²) in [4.78, 5) is 16.4. The second kappa shape index (κ2) is 4.91. The van der Waals surface area contributed by atoms with Crippen LogP contribution in [0.3, 0.4) is 0 Å². The summed E-state index contributed by atoms with van der Waals surface area (Å²) in [6.45, 7) is 5.80. The largest absolute Gasteiger partial charge is 0.493 e. The van der Waals surface area contributed by atoms with E-state index in [1.165, 1.54) is 0 Å². The second-order valence-corrected chi connectivity index (χ2v) is 3.81. The van der Waals surface area contributed by atoms with Crippen LogP contribution < -0.4 is 10.1 Å². The number of pyridine rings is 1. The van der Waals surface area contributed by atoms with Gasteiger partial charge in [0.2, 0.25) is 0 Å². The summed E-state index contributed by atoms with van der Waals surface area (Å²) >= 11 is 0. The molecule has 0 atom stereocenters. The van der Waals surface area contributed by atoms with Gasteiger partial charge < -0.3 is 10.1 Å². The number of rotatable bonds is 4. The quantitative estimate of drug-likeness (QED) is 0.832. The van der Waals surface area contributed by atoms with Crippen molar-refractivity contribution in [3.63, 3.8) is 0 Å². The number of imidazole rings is 1. The van der Waals surface area contributed by atoms with Crippen molar-refractivity contribution < 1.29 is 9.53 Å². The molecule has 0 radical (unpaired) electrons. The van der Waals surface area contributed by atoms with Crippen LogP contribution in [0.15, 0.2) is 31.0 Å². The first-order chi connectivity index (χ1) is 8.69. The molecule has 0 unspecified atom stereocenters. The SMILES string of the molecule is C=CCNC(=O)c1c(C)nc2c(OC)cccn12. The van der Waals surface area contributed by atoms with Gasteiger partial charge in [-0.1, -0.05) is 6.08 Å². The summed E-state index contributed by atoms with van der Waals surface area (Å²) < 4.78 is 6.95. The van der Waals surface area contributed by atoms with Crippen LogP contribution in [-0.2, 0) is 0 Å². The molecule has 5 nitrogen and oxygen atoms in total. The molecule has 0 saturated heterocycles. The highest BCUT2D eigenvalue weighted by atomic mass is 16.5. The number of amides is 1. The van der Waals surface area contributed by atoms with E-state index in [4.69, 9.17) is 4.74 Å². The van der Waals surface area contributed by atoms with Crippen LogP contribution in [0.4, 0.5) is 0 Å². The Kier molecular flexibility index (Phi) is 3.32. The maximum atomic E-state index is 12.0. The van der Waals surface area contributed by atoms with E-state index in [0.717, 1.165) is 0 Å². The molecule has 0 bridgehead atoms. The number of nitrogens with one attached hydrogen (secondary N) is 1. The average Bonchev–Trinajstić information content (AvgIpc) is 2.71. The van der Waals surface area contributed by atoms with Gasteiger partial charge in [-0.05, 0) is 19.1 Å². The molecule has 0 saturated carbocycles. The van der Waals surface area contributed by atoms with Crippen molar-refractivity contribution in [2.24, 2.45) is 0 Å². The van der Waals surface area contributed by atoms with Gasteiger partial charge in [-0.3, -0.25) is 9.20 Å². The first-order valence-electron chi connectivity index (χ1n) is 5.59. The Balaban J connectivity index is 2.54. The number of hydrogen-bond donors (Lipinski definition) is 1. The lowest BCUT2D eigenvalue weighted by atomic mass is 10.3. The number of ether oxygens (including phenoxy) is 1. The van der Waals surface area contributed by atoms with E-state index >= 15 is 0 Å². The normalized spacial score (nSPS) is 10.3. The minimum Gasteiger partial charge on any atom is -0.493 e. The molecule has 1 amide bonds. The Bertz CT molecular complexity index is 602. The molecule has 0 fully saturated rings. The number of fused-ring (bicyclic) bond motifs is 1. The monoisotopic (exact) mass is 245 g/mol. The van der Waals surface area contributed by atoms with Crippen LogP contribution in [0.2, 0.25) is 0 Å². The minimum absolute atomic E-state index is 0.173. The van der Waals surface area contributed by atoms with Gasteiger partial charge in [0.1, 0.15) is 5.69 Å². The van der Waals surface area contributed by atoms with Gasteiger partial charge in [-0.15, -0.1) is 6.58 Å². The van der Waals surface area contributed by atoms with Gasteiger partial charge in [0.15, 0.2) is 11.4 Å². The van der Waals surface area contributed by atoms with Crippen molar-refractivity contribution in [3.8, 4) is 5.75 Å². The first kappa shape index (κ1) is 12.2. The lowest BCUT2D eigenvalue weighted by Crippen LogP contribution is -2.25. The van der Waals surface area contributed by atoms with Crippen molar-refractivity contribution in [1.29, 1.82) is 0 Å². The highest BCUT2D eigenvalue weighted by molar-refractivity contribution is 5.95. The number of hydrogen-bond acceptors (Lipinski definition) is 3. The molecule has 0 aliphatic carbocycles. The van der Waals surface area contributed by atoms with Crippen LogP contribution in [0.5, 0.6) is 5.75 Å². The number of carbonyl (C=O) groups is 1.